The Balaban J connectivity index is 1.99. The highest BCUT2D eigenvalue weighted by molar-refractivity contribution is 4.86. The number of piperidine rings is 1. The van der Waals surface area contributed by atoms with E-state index >= 15 is 0 Å². The summed E-state index contributed by atoms with van der Waals surface area (Å²) >= 11 is 0. The lowest BCUT2D eigenvalue weighted by Crippen LogP contribution is -2.43. The van der Waals surface area contributed by atoms with Crippen LogP contribution in [0.5, 0.6) is 0 Å². The van der Waals surface area contributed by atoms with Crippen LogP contribution in [0.25, 0.3) is 0 Å². The molecule has 1 heteroatoms. The van der Waals surface area contributed by atoms with Crippen LogP contribution >= 0.6 is 0 Å². The van der Waals surface area contributed by atoms with Crippen LogP contribution in [0.15, 0.2) is 0 Å². The summed E-state index contributed by atoms with van der Waals surface area (Å²) in [6.45, 7) is 1.24. The predicted octanol–water partition coefficient (Wildman–Crippen LogP) is 2.43. The molecular weight excluding hydrogens is 134 g/mol. The van der Waals surface area contributed by atoms with Gasteiger partial charge in [0.2, 0.25) is 0 Å². The highest BCUT2D eigenvalue weighted by Gasteiger charge is 2.27. The first-order valence-corrected chi connectivity index (χ1v) is 4.95. The minimum atomic E-state index is 0.845. The zero-order valence-corrected chi connectivity index (χ0v) is 7.26. The molecule has 1 nitrogen and oxygen atoms in total. The Bertz CT molecular complexity index is 131. The number of likely N-dealkylation sites (tertiary alicyclic amines) is 1. The lowest BCUT2D eigenvalue weighted by atomic mass is 9.79. The van der Waals surface area contributed by atoms with Crippen molar-refractivity contribution in [2.75, 3.05) is 6.54 Å². The van der Waals surface area contributed by atoms with Gasteiger partial charge in [-0.1, -0.05) is 12.8 Å². The van der Waals surface area contributed by atoms with Gasteiger partial charge in [0, 0.05) is 0 Å². The van der Waals surface area contributed by atoms with Gasteiger partial charge in [0.25, 0.3) is 0 Å². The van der Waals surface area contributed by atoms with Crippen LogP contribution in [0.2, 0.25) is 0 Å². The lowest BCUT2D eigenvalue weighted by Gasteiger charge is -2.47. The van der Waals surface area contributed by atoms with Crippen molar-refractivity contribution in [3.63, 3.8) is 0 Å². The van der Waals surface area contributed by atoms with Crippen LogP contribution in [0.3, 0.4) is 0 Å². The fourth-order valence-electron chi connectivity index (χ4n) is 2.73. The van der Waals surface area contributed by atoms with Crippen LogP contribution in [-0.2, 0) is 0 Å². The molecule has 64 valence electrons. The molecule has 1 aliphatic carbocycles. The van der Waals surface area contributed by atoms with Crippen LogP contribution in [0.4, 0.5) is 0 Å². The van der Waals surface area contributed by atoms with Crippen molar-refractivity contribution in [3.05, 3.63) is 7.05 Å². The van der Waals surface area contributed by atoms with E-state index in [-0.39, 0.29) is 0 Å². The van der Waals surface area contributed by atoms with Gasteiger partial charge < -0.3 is 4.90 Å². The maximum atomic E-state index is 4.12. The Hall–Kier alpha value is -0.0400. The topological polar surface area (TPSA) is 3.24 Å². The first kappa shape index (κ1) is 7.60. The van der Waals surface area contributed by atoms with Crippen LogP contribution < -0.4 is 0 Å². The summed E-state index contributed by atoms with van der Waals surface area (Å²) in [7, 11) is 4.12. The summed E-state index contributed by atoms with van der Waals surface area (Å²) in [5.74, 6) is 0.995. The molecule has 0 aromatic carbocycles. The highest BCUT2D eigenvalue weighted by Crippen LogP contribution is 2.34. The summed E-state index contributed by atoms with van der Waals surface area (Å²) in [6, 6.07) is 0.845. The third-order valence-corrected chi connectivity index (χ3v) is 3.36. The monoisotopic (exact) mass is 152 g/mol. The molecule has 11 heavy (non-hydrogen) atoms. The molecule has 0 amide bonds. The number of hydrogen-bond acceptors (Lipinski definition) is 1. The van der Waals surface area contributed by atoms with Gasteiger partial charge in [-0.3, -0.25) is 7.05 Å². The van der Waals surface area contributed by atoms with E-state index in [0.717, 1.165) is 12.0 Å². The number of fused-ring (bicyclic) bond motifs is 1. The van der Waals surface area contributed by atoms with Crippen molar-refractivity contribution < 1.29 is 0 Å². The molecule has 0 spiro atoms. The summed E-state index contributed by atoms with van der Waals surface area (Å²) in [5, 5.41) is 0. The molecule has 2 aliphatic rings. The molecule has 1 saturated heterocycles. The third kappa shape index (κ3) is 1.44. The Labute approximate surface area is 69.8 Å². The molecule has 0 N–H and O–H groups in total. The van der Waals surface area contributed by atoms with Crippen LogP contribution in [-0.4, -0.2) is 17.5 Å². The van der Waals surface area contributed by atoms with E-state index in [1.165, 1.54) is 45.1 Å². The van der Waals surface area contributed by atoms with Crippen molar-refractivity contribution >= 4 is 0 Å². The molecule has 0 aromatic rings. The fraction of sp³-hybridized carbons (Fsp3) is 0.900. The smallest absolute Gasteiger partial charge is 0.0156 e. The van der Waals surface area contributed by atoms with Crippen molar-refractivity contribution in [3.8, 4) is 0 Å². The molecule has 0 bridgehead atoms. The second kappa shape index (κ2) is 3.14. The van der Waals surface area contributed by atoms with E-state index in [1.54, 1.807) is 0 Å². The van der Waals surface area contributed by atoms with Crippen LogP contribution in [0, 0.1) is 13.0 Å². The van der Waals surface area contributed by atoms with E-state index in [4.69, 9.17) is 0 Å². The first-order valence-electron chi connectivity index (χ1n) is 4.95. The van der Waals surface area contributed by atoms with Gasteiger partial charge in [-0.25, -0.2) is 0 Å². The number of nitrogens with zero attached hydrogens (tertiary/aromatic N) is 1. The zero-order valence-electron chi connectivity index (χ0n) is 7.26. The summed E-state index contributed by atoms with van der Waals surface area (Å²) < 4.78 is 0. The minimum absolute atomic E-state index is 0.845. The molecule has 2 fully saturated rings. The Morgan fingerprint density at radius 3 is 2.55 bits per heavy atom. The van der Waals surface area contributed by atoms with Gasteiger partial charge in [-0.05, 0) is 44.2 Å². The minimum Gasteiger partial charge on any atom is -0.456 e. The molecule has 1 aliphatic heterocycles. The van der Waals surface area contributed by atoms with E-state index in [2.05, 4.69) is 11.9 Å². The normalized spacial score (nSPS) is 40.1. The second-order valence-corrected chi connectivity index (χ2v) is 4.07. The Morgan fingerprint density at radius 2 is 1.73 bits per heavy atom. The van der Waals surface area contributed by atoms with Crippen LogP contribution in [0.1, 0.15) is 38.5 Å². The Morgan fingerprint density at radius 1 is 1.00 bits per heavy atom. The van der Waals surface area contributed by atoms with E-state index < -0.39 is 0 Å². The van der Waals surface area contributed by atoms with Gasteiger partial charge in [-0.15, -0.1) is 0 Å². The number of rotatable bonds is 0. The SMILES string of the molecule is [CH2-]N1CCCC2CCCCC21. The third-order valence-electron chi connectivity index (χ3n) is 3.36. The molecule has 2 atom stereocenters. The molecule has 1 heterocycles. The lowest BCUT2D eigenvalue weighted by molar-refractivity contribution is 0.0990. The van der Waals surface area contributed by atoms with Gasteiger partial charge in [0.05, 0.1) is 0 Å². The summed E-state index contributed by atoms with van der Waals surface area (Å²) in [4.78, 5) is 2.34. The quantitative estimate of drug-likeness (QED) is 0.482. The highest BCUT2D eigenvalue weighted by atomic mass is 15.1. The average molecular weight is 152 g/mol. The summed E-state index contributed by atoms with van der Waals surface area (Å²) in [5.41, 5.74) is 0. The van der Waals surface area contributed by atoms with Gasteiger partial charge in [-0.2, -0.15) is 0 Å². The second-order valence-electron chi connectivity index (χ2n) is 4.07. The van der Waals surface area contributed by atoms with Gasteiger partial charge >= 0.3 is 0 Å². The first-order chi connectivity index (χ1) is 5.38. The van der Waals surface area contributed by atoms with Gasteiger partial charge in [0.15, 0.2) is 0 Å². The van der Waals surface area contributed by atoms with E-state index in [0.29, 0.717) is 0 Å². The average Bonchev–Trinajstić information content (AvgIpc) is 2.06. The summed E-state index contributed by atoms with van der Waals surface area (Å²) in [6.07, 6.45) is 8.63. The molecule has 2 unspecified atom stereocenters. The number of hydrogen-bond donors (Lipinski definition) is 0. The molecular formula is C10H18N-. The van der Waals surface area contributed by atoms with E-state index in [1.807, 2.05) is 0 Å². The maximum absolute atomic E-state index is 4.12. The van der Waals surface area contributed by atoms with Crippen molar-refractivity contribution in [1.29, 1.82) is 0 Å². The van der Waals surface area contributed by atoms with Crippen molar-refractivity contribution in [2.24, 2.45) is 5.92 Å². The largest absolute Gasteiger partial charge is 0.456 e. The molecule has 2 rings (SSSR count). The fourth-order valence-corrected chi connectivity index (χ4v) is 2.73. The predicted molar refractivity (Wildman–Crippen MR) is 47.0 cm³/mol. The maximum Gasteiger partial charge on any atom is -0.0156 e. The molecule has 0 radical (unpaired) electrons. The van der Waals surface area contributed by atoms with E-state index in [9.17, 15) is 0 Å². The standard InChI is InChI=1S/C10H18N/c1-11-8-4-6-9-5-2-3-7-10(9)11/h9-10H,1-8H2/q-1. The molecule has 1 saturated carbocycles. The van der Waals surface area contributed by atoms with Crippen molar-refractivity contribution in [1.82, 2.24) is 4.90 Å². The van der Waals surface area contributed by atoms with Gasteiger partial charge in [0.1, 0.15) is 0 Å². The zero-order chi connectivity index (χ0) is 7.68. The molecule has 0 aromatic heterocycles. The Kier molecular flexibility index (Phi) is 2.17. The van der Waals surface area contributed by atoms with Crippen molar-refractivity contribution in [2.45, 2.75) is 44.6 Å².